The van der Waals surface area contributed by atoms with Crippen molar-refractivity contribution in [3.63, 3.8) is 0 Å². The van der Waals surface area contributed by atoms with Gasteiger partial charge in [-0.05, 0) is 37.8 Å². The minimum Gasteiger partial charge on any atom is -0.367 e. The summed E-state index contributed by atoms with van der Waals surface area (Å²) in [5, 5.41) is 0. The third-order valence-electron chi connectivity index (χ3n) is 3.57. The number of benzene rings is 1. The van der Waals surface area contributed by atoms with Crippen LogP contribution in [-0.2, 0) is 11.2 Å². The summed E-state index contributed by atoms with van der Waals surface area (Å²) in [4.78, 5) is 12.7. The van der Waals surface area contributed by atoms with Crippen molar-refractivity contribution in [2.45, 2.75) is 52.6 Å². The molecule has 0 N–H and O–H groups in total. The van der Waals surface area contributed by atoms with Gasteiger partial charge in [-0.3, -0.25) is 4.79 Å². The Morgan fingerprint density at radius 3 is 2.33 bits per heavy atom. The van der Waals surface area contributed by atoms with Crippen molar-refractivity contribution >= 4 is 5.78 Å². The van der Waals surface area contributed by atoms with Crippen LogP contribution < -0.4 is 0 Å². The van der Waals surface area contributed by atoms with E-state index < -0.39 is 5.60 Å². The molecule has 18 heavy (non-hydrogen) atoms. The summed E-state index contributed by atoms with van der Waals surface area (Å²) in [6.07, 6.45) is 2.38. The number of hydrogen-bond donors (Lipinski definition) is 0. The van der Waals surface area contributed by atoms with Crippen LogP contribution in [0, 0.1) is 0 Å². The van der Waals surface area contributed by atoms with Gasteiger partial charge in [0.2, 0.25) is 0 Å². The van der Waals surface area contributed by atoms with Gasteiger partial charge in [0.15, 0.2) is 5.78 Å². The van der Waals surface area contributed by atoms with E-state index in [1.807, 2.05) is 39.0 Å². The Hall–Kier alpha value is -1.15. The van der Waals surface area contributed by atoms with E-state index >= 15 is 0 Å². The van der Waals surface area contributed by atoms with E-state index in [0.29, 0.717) is 19.4 Å². The van der Waals surface area contributed by atoms with Gasteiger partial charge in [-0.2, -0.15) is 0 Å². The molecule has 1 aromatic carbocycles. The van der Waals surface area contributed by atoms with Crippen LogP contribution in [-0.4, -0.2) is 18.0 Å². The second-order valence-corrected chi connectivity index (χ2v) is 4.52. The molecule has 0 unspecified atom stereocenters. The highest BCUT2D eigenvalue weighted by Gasteiger charge is 2.36. The number of ketones is 1. The van der Waals surface area contributed by atoms with Crippen LogP contribution in [0.1, 0.15) is 56.5 Å². The van der Waals surface area contributed by atoms with Gasteiger partial charge in [0.05, 0.1) is 0 Å². The normalized spacial score (nSPS) is 11.6. The molecule has 0 aliphatic heterocycles. The van der Waals surface area contributed by atoms with E-state index in [4.69, 9.17) is 4.74 Å². The van der Waals surface area contributed by atoms with Gasteiger partial charge in [-0.25, -0.2) is 0 Å². The van der Waals surface area contributed by atoms with Crippen LogP contribution in [0.15, 0.2) is 24.3 Å². The number of carbonyl (C=O) groups excluding carboxylic acids is 1. The van der Waals surface area contributed by atoms with Crippen molar-refractivity contribution in [2.75, 3.05) is 6.61 Å². The van der Waals surface area contributed by atoms with Crippen LogP contribution in [0.2, 0.25) is 0 Å². The SMILES string of the molecule is CCOC(CC)(CC)C(=O)c1cccc(CC)c1. The Bertz CT molecular complexity index is 392. The van der Waals surface area contributed by atoms with Gasteiger partial charge in [-0.1, -0.05) is 39.0 Å². The van der Waals surface area contributed by atoms with Crippen molar-refractivity contribution < 1.29 is 9.53 Å². The number of carbonyl (C=O) groups is 1. The number of Topliss-reactive ketones (excluding diaryl/α,β-unsaturated/α-hetero) is 1. The molecule has 0 aliphatic carbocycles. The zero-order valence-corrected chi connectivity index (χ0v) is 12.0. The molecular weight excluding hydrogens is 224 g/mol. The third-order valence-corrected chi connectivity index (χ3v) is 3.57. The number of ether oxygens (including phenoxy) is 1. The van der Waals surface area contributed by atoms with Gasteiger partial charge in [0.25, 0.3) is 0 Å². The molecular formula is C16H24O2. The molecule has 0 heterocycles. The van der Waals surface area contributed by atoms with E-state index in [1.54, 1.807) is 0 Å². The largest absolute Gasteiger partial charge is 0.367 e. The molecule has 1 aromatic rings. The molecule has 0 saturated heterocycles. The zero-order valence-electron chi connectivity index (χ0n) is 12.0. The first-order valence-electron chi connectivity index (χ1n) is 6.91. The van der Waals surface area contributed by atoms with Crippen LogP contribution in [0.4, 0.5) is 0 Å². The molecule has 0 aromatic heterocycles. The number of hydrogen-bond acceptors (Lipinski definition) is 2. The molecule has 0 saturated carbocycles. The molecule has 0 fully saturated rings. The predicted molar refractivity (Wildman–Crippen MR) is 75.1 cm³/mol. The minimum absolute atomic E-state index is 0.115. The van der Waals surface area contributed by atoms with Gasteiger partial charge in [0, 0.05) is 12.2 Å². The molecule has 0 bridgehead atoms. The Morgan fingerprint density at radius 2 is 1.83 bits per heavy atom. The first-order valence-corrected chi connectivity index (χ1v) is 6.91. The fraction of sp³-hybridized carbons (Fsp3) is 0.562. The number of rotatable bonds is 7. The highest BCUT2D eigenvalue weighted by Crippen LogP contribution is 2.26. The van der Waals surface area contributed by atoms with E-state index in [1.165, 1.54) is 5.56 Å². The summed E-state index contributed by atoms with van der Waals surface area (Å²) in [7, 11) is 0. The molecule has 100 valence electrons. The lowest BCUT2D eigenvalue weighted by atomic mass is 9.87. The first kappa shape index (κ1) is 14.9. The highest BCUT2D eigenvalue weighted by atomic mass is 16.5. The Labute approximate surface area is 110 Å². The second-order valence-electron chi connectivity index (χ2n) is 4.52. The summed E-state index contributed by atoms with van der Waals surface area (Å²) in [5.74, 6) is 0.115. The van der Waals surface area contributed by atoms with Gasteiger partial charge in [0.1, 0.15) is 5.60 Å². The van der Waals surface area contributed by atoms with Crippen molar-refractivity contribution in [2.24, 2.45) is 0 Å². The van der Waals surface area contributed by atoms with E-state index in [-0.39, 0.29) is 5.78 Å². The maximum atomic E-state index is 12.7. The summed E-state index contributed by atoms with van der Waals surface area (Å²) in [6.45, 7) is 8.64. The highest BCUT2D eigenvalue weighted by molar-refractivity contribution is 6.02. The maximum absolute atomic E-state index is 12.7. The molecule has 0 radical (unpaired) electrons. The van der Waals surface area contributed by atoms with E-state index in [9.17, 15) is 4.79 Å². The first-order chi connectivity index (χ1) is 8.63. The predicted octanol–water partition coefficient (Wildman–Crippen LogP) is 4.03. The molecule has 0 atom stereocenters. The van der Waals surface area contributed by atoms with Gasteiger partial charge >= 0.3 is 0 Å². The topological polar surface area (TPSA) is 26.3 Å². The van der Waals surface area contributed by atoms with Gasteiger partial charge < -0.3 is 4.74 Å². The summed E-state index contributed by atoms with van der Waals surface area (Å²) >= 11 is 0. The van der Waals surface area contributed by atoms with Crippen LogP contribution in [0.25, 0.3) is 0 Å². The number of aryl methyl sites for hydroxylation is 1. The Morgan fingerprint density at radius 1 is 1.17 bits per heavy atom. The molecule has 2 heteroatoms. The molecule has 0 aliphatic rings. The van der Waals surface area contributed by atoms with Gasteiger partial charge in [-0.15, -0.1) is 0 Å². The lowest BCUT2D eigenvalue weighted by Crippen LogP contribution is -2.40. The summed E-state index contributed by atoms with van der Waals surface area (Å²) in [5.41, 5.74) is 1.31. The van der Waals surface area contributed by atoms with Crippen LogP contribution in [0.5, 0.6) is 0 Å². The lowest BCUT2D eigenvalue weighted by molar-refractivity contribution is -0.0250. The van der Waals surface area contributed by atoms with Crippen molar-refractivity contribution in [3.05, 3.63) is 35.4 Å². The monoisotopic (exact) mass is 248 g/mol. The Kier molecular flexibility index (Phi) is 5.54. The standard InChI is InChI=1S/C16H24O2/c1-5-13-10-9-11-14(12-13)15(17)16(6-2,7-3)18-8-4/h9-12H,5-8H2,1-4H3. The van der Waals surface area contributed by atoms with E-state index in [0.717, 1.165) is 12.0 Å². The summed E-state index contributed by atoms with van der Waals surface area (Å²) < 4.78 is 5.77. The third kappa shape index (κ3) is 2.99. The van der Waals surface area contributed by atoms with Crippen LogP contribution in [0.3, 0.4) is 0 Å². The summed E-state index contributed by atoms with van der Waals surface area (Å²) in [6, 6.07) is 7.88. The van der Waals surface area contributed by atoms with Crippen molar-refractivity contribution in [1.29, 1.82) is 0 Å². The zero-order chi connectivity index (χ0) is 13.6. The van der Waals surface area contributed by atoms with Crippen molar-refractivity contribution in [3.8, 4) is 0 Å². The second kappa shape index (κ2) is 6.69. The van der Waals surface area contributed by atoms with Crippen LogP contribution >= 0.6 is 0 Å². The molecule has 2 nitrogen and oxygen atoms in total. The van der Waals surface area contributed by atoms with Crippen molar-refractivity contribution in [1.82, 2.24) is 0 Å². The molecule has 0 spiro atoms. The fourth-order valence-corrected chi connectivity index (χ4v) is 2.31. The molecule has 1 rings (SSSR count). The van der Waals surface area contributed by atoms with E-state index in [2.05, 4.69) is 13.0 Å². The smallest absolute Gasteiger partial charge is 0.194 e. The average molecular weight is 248 g/mol. The lowest BCUT2D eigenvalue weighted by Gasteiger charge is -2.30. The Balaban J connectivity index is 3.08. The maximum Gasteiger partial charge on any atom is 0.194 e. The molecule has 0 amide bonds. The fourth-order valence-electron chi connectivity index (χ4n) is 2.31. The minimum atomic E-state index is -0.652. The quantitative estimate of drug-likeness (QED) is 0.681. The average Bonchev–Trinajstić information content (AvgIpc) is 2.44.